The lowest BCUT2D eigenvalue weighted by atomic mass is 10.2. The monoisotopic (exact) mass is 360 g/mol. The lowest BCUT2D eigenvalue weighted by molar-refractivity contribution is -0.167. The van der Waals surface area contributed by atoms with Crippen LogP contribution in [0.2, 0.25) is 0 Å². The number of aliphatic hydroxyl groups is 1. The molecular formula is C20H24O4S. The maximum Gasteiger partial charge on any atom is 0.185 e. The van der Waals surface area contributed by atoms with Crippen molar-refractivity contribution >= 4 is 11.8 Å². The van der Waals surface area contributed by atoms with Gasteiger partial charge < -0.3 is 19.3 Å². The Morgan fingerprint density at radius 1 is 1.08 bits per heavy atom. The maximum absolute atomic E-state index is 9.73. The van der Waals surface area contributed by atoms with Gasteiger partial charge in [-0.2, -0.15) is 0 Å². The molecule has 1 aliphatic rings. The molecular weight excluding hydrogens is 336 g/mol. The standard InChI is InChI=1S/C20H24O4S/c1-14-8-10-16(11-9-14)25-19-17(12-21)24-20(22-2)18(19)23-13-15-6-4-3-5-7-15/h3-11,17-21H,12-13H2,1-2H3/t17-,18-,19+,20-/m1/s1. The van der Waals surface area contributed by atoms with E-state index in [1.807, 2.05) is 30.3 Å². The molecule has 4 atom stereocenters. The molecule has 0 aromatic heterocycles. The fourth-order valence-electron chi connectivity index (χ4n) is 2.89. The summed E-state index contributed by atoms with van der Waals surface area (Å²) in [5, 5.41) is 9.69. The fourth-order valence-corrected chi connectivity index (χ4v) is 4.14. The molecule has 0 radical (unpaired) electrons. The van der Waals surface area contributed by atoms with Crippen molar-refractivity contribution in [3.8, 4) is 0 Å². The van der Waals surface area contributed by atoms with Crippen molar-refractivity contribution in [1.82, 2.24) is 0 Å². The van der Waals surface area contributed by atoms with Crippen LogP contribution in [0.4, 0.5) is 0 Å². The number of hydrogen-bond acceptors (Lipinski definition) is 5. The number of ether oxygens (including phenoxy) is 3. The van der Waals surface area contributed by atoms with Gasteiger partial charge in [-0.25, -0.2) is 0 Å². The van der Waals surface area contributed by atoms with Crippen LogP contribution in [-0.4, -0.2) is 42.6 Å². The number of methoxy groups -OCH3 is 1. The fraction of sp³-hybridized carbons (Fsp3) is 0.400. The van der Waals surface area contributed by atoms with Gasteiger partial charge in [0.2, 0.25) is 0 Å². The van der Waals surface area contributed by atoms with Crippen molar-refractivity contribution in [3.63, 3.8) is 0 Å². The molecule has 5 heteroatoms. The van der Waals surface area contributed by atoms with Gasteiger partial charge in [0.25, 0.3) is 0 Å². The first-order valence-electron chi connectivity index (χ1n) is 8.39. The summed E-state index contributed by atoms with van der Waals surface area (Å²) in [6.45, 7) is 2.49. The Hall–Kier alpha value is -1.37. The Bertz CT molecular complexity index is 647. The predicted octanol–water partition coefficient (Wildman–Crippen LogP) is 3.40. The summed E-state index contributed by atoms with van der Waals surface area (Å²) in [6, 6.07) is 18.4. The number of benzene rings is 2. The van der Waals surface area contributed by atoms with E-state index >= 15 is 0 Å². The molecule has 25 heavy (non-hydrogen) atoms. The molecule has 1 N–H and O–H groups in total. The number of rotatable bonds is 7. The molecule has 1 heterocycles. The van der Waals surface area contributed by atoms with Crippen LogP contribution in [-0.2, 0) is 20.8 Å². The van der Waals surface area contributed by atoms with E-state index in [4.69, 9.17) is 14.2 Å². The molecule has 134 valence electrons. The number of aliphatic hydroxyl groups excluding tert-OH is 1. The third-order valence-electron chi connectivity index (χ3n) is 4.26. The highest BCUT2D eigenvalue weighted by atomic mass is 32.2. The first-order valence-corrected chi connectivity index (χ1v) is 9.27. The van der Waals surface area contributed by atoms with Crippen LogP contribution in [0.25, 0.3) is 0 Å². The van der Waals surface area contributed by atoms with E-state index in [0.29, 0.717) is 6.61 Å². The Labute approximate surface area is 153 Å². The summed E-state index contributed by atoms with van der Waals surface area (Å²) in [4.78, 5) is 1.13. The molecule has 0 unspecified atom stereocenters. The molecule has 2 aromatic carbocycles. The van der Waals surface area contributed by atoms with Crippen LogP contribution in [0, 0.1) is 6.92 Å². The van der Waals surface area contributed by atoms with E-state index in [1.165, 1.54) is 5.56 Å². The van der Waals surface area contributed by atoms with Crippen molar-refractivity contribution in [2.45, 2.75) is 42.2 Å². The SMILES string of the molecule is CO[C@@H]1O[C@H](CO)[C@H](Sc2ccc(C)cc2)[C@H]1OCc1ccccc1. The van der Waals surface area contributed by atoms with Crippen LogP contribution >= 0.6 is 11.8 Å². The highest BCUT2D eigenvalue weighted by Gasteiger charge is 2.46. The zero-order valence-corrected chi connectivity index (χ0v) is 15.3. The molecule has 3 rings (SSSR count). The minimum atomic E-state index is -0.483. The minimum Gasteiger partial charge on any atom is -0.394 e. The van der Waals surface area contributed by atoms with Gasteiger partial charge in [0.1, 0.15) is 6.10 Å². The molecule has 0 spiro atoms. The van der Waals surface area contributed by atoms with Crippen LogP contribution in [0.15, 0.2) is 59.5 Å². The van der Waals surface area contributed by atoms with Crippen LogP contribution in [0.1, 0.15) is 11.1 Å². The zero-order valence-electron chi connectivity index (χ0n) is 14.5. The van der Waals surface area contributed by atoms with Gasteiger partial charge in [-0.3, -0.25) is 0 Å². The van der Waals surface area contributed by atoms with Crippen molar-refractivity contribution < 1.29 is 19.3 Å². The number of thioether (sulfide) groups is 1. The Morgan fingerprint density at radius 3 is 2.44 bits per heavy atom. The Morgan fingerprint density at radius 2 is 1.80 bits per heavy atom. The van der Waals surface area contributed by atoms with E-state index in [2.05, 4.69) is 31.2 Å². The van der Waals surface area contributed by atoms with Crippen molar-refractivity contribution in [2.24, 2.45) is 0 Å². The highest BCUT2D eigenvalue weighted by molar-refractivity contribution is 8.00. The van der Waals surface area contributed by atoms with Gasteiger partial charge in [0.05, 0.1) is 24.6 Å². The smallest absolute Gasteiger partial charge is 0.185 e. The molecule has 0 amide bonds. The normalized spacial score (nSPS) is 26.0. The second kappa shape index (κ2) is 8.83. The van der Waals surface area contributed by atoms with E-state index in [-0.39, 0.29) is 24.1 Å². The molecule has 2 aromatic rings. The predicted molar refractivity (Wildman–Crippen MR) is 98.6 cm³/mol. The van der Waals surface area contributed by atoms with Crippen LogP contribution in [0.5, 0.6) is 0 Å². The number of hydrogen-bond donors (Lipinski definition) is 1. The third kappa shape index (κ3) is 4.63. The summed E-state index contributed by atoms with van der Waals surface area (Å²) >= 11 is 1.66. The molecule has 1 aliphatic heterocycles. The molecule has 0 aliphatic carbocycles. The van der Waals surface area contributed by atoms with Crippen LogP contribution in [0.3, 0.4) is 0 Å². The van der Waals surface area contributed by atoms with Gasteiger partial charge in [0.15, 0.2) is 6.29 Å². The van der Waals surface area contributed by atoms with E-state index < -0.39 is 6.29 Å². The first kappa shape index (κ1) is 18.4. The molecule has 1 saturated heterocycles. The minimum absolute atomic E-state index is 0.0404. The van der Waals surface area contributed by atoms with E-state index in [1.54, 1.807) is 18.9 Å². The molecule has 1 fully saturated rings. The second-order valence-electron chi connectivity index (χ2n) is 6.12. The van der Waals surface area contributed by atoms with Gasteiger partial charge in [-0.15, -0.1) is 11.8 Å². The Kier molecular flexibility index (Phi) is 6.51. The van der Waals surface area contributed by atoms with Gasteiger partial charge in [-0.05, 0) is 24.6 Å². The largest absolute Gasteiger partial charge is 0.394 e. The summed E-state index contributed by atoms with van der Waals surface area (Å²) in [5.74, 6) is 0. The molecule has 4 nitrogen and oxygen atoms in total. The van der Waals surface area contributed by atoms with Gasteiger partial charge in [0, 0.05) is 12.0 Å². The van der Waals surface area contributed by atoms with Crippen molar-refractivity contribution in [3.05, 3.63) is 65.7 Å². The summed E-state index contributed by atoms with van der Waals surface area (Å²) in [6.07, 6.45) is -1.06. The van der Waals surface area contributed by atoms with Crippen molar-refractivity contribution in [2.75, 3.05) is 13.7 Å². The summed E-state index contributed by atoms with van der Waals surface area (Å²) < 4.78 is 17.5. The topological polar surface area (TPSA) is 47.9 Å². The van der Waals surface area contributed by atoms with Gasteiger partial charge in [-0.1, -0.05) is 48.0 Å². The summed E-state index contributed by atoms with van der Waals surface area (Å²) in [5.41, 5.74) is 2.32. The van der Waals surface area contributed by atoms with Crippen LogP contribution < -0.4 is 0 Å². The van der Waals surface area contributed by atoms with E-state index in [0.717, 1.165) is 10.5 Å². The molecule has 0 bridgehead atoms. The third-order valence-corrected chi connectivity index (χ3v) is 5.65. The average molecular weight is 360 g/mol. The second-order valence-corrected chi connectivity index (χ2v) is 7.37. The zero-order chi connectivity index (χ0) is 17.6. The summed E-state index contributed by atoms with van der Waals surface area (Å²) in [7, 11) is 1.61. The maximum atomic E-state index is 9.73. The molecule has 0 saturated carbocycles. The first-order chi connectivity index (χ1) is 12.2. The van der Waals surface area contributed by atoms with Crippen molar-refractivity contribution in [1.29, 1.82) is 0 Å². The van der Waals surface area contributed by atoms with E-state index in [9.17, 15) is 5.11 Å². The highest BCUT2D eigenvalue weighted by Crippen LogP contribution is 2.38. The number of aryl methyl sites for hydroxylation is 1. The quantitative estimate of drug-likeness (QED) is 0.820. The van der Waals surface area contributed by atoms with Gasteiger partial charge >= 0.3 is 0 Å². The lowest BCUT2D eigenvalue weighted by Gasteiger charge is -2.23. The Balaban J connectivity index is 1.74. The lowest BCUT2D eigenvalue weighted by Crippen LogP contribution is -2.34. The average Bonchev–Trinajstić information content (AvgIpc) is 2.99.